The van der Waals surface area contributed by atoms with Crippen LogP contribution in [-0.2, 0) is 11.4 Å². The van der Waals surface area contributed by atoms with Crippen molar-refractivity contribution in [1.82, 2.24) is 10.4 Å². The van der Waals surface area contributed by atoms with E-state index in [0.29, 0.717) is 12.4 Å². The van der Waals surface area contributed by atoms with Crippen molar-refractivity contribution in [1.29, 1.82) is 0 Å². The van der Waals surface area contributed by atoms with Crippen LogP contribution in [0.1, 0.15) is 11.1 Å². The van der Waals surface area contributed by atoms with E-state index in [2.05, 4.69) is 15.5 Å². The van der Waals surface area contributed by atoms with Crippen LogP contribution in [0.2, 0.25) is 0 Å². The number of ether oxygens (including phenoxy) is 2. The maximum Gasteiger partial charge on any atom is 0.277 e. The van der Waals surface area contributed by atoms with Gasteiger partial charge in [0.25, 0.3) is 5.91 Å². The first-order valence-corrected chi connectivity index (χ1v) is 8.41. The Morgan fingerprint density at radius 2 is 1.70 bits per heavy atom. The fraction of sp³-hybridized carbons (Fsp3) is 0.0952. The van der Waals surface area contributed by atoms with Crippen LogP contribution in [0.5, 0.6) is 11.5 Å². The van der Waals surface area contributed by atoms with Gasteiger partial charge in [-0.1, -0.05) is 36.4 Å². The maximum atomic E-state index is 11.7. The molecule has 0 saturated heterocycles. The summed E-state index contributed by atoms with van der Waals surface area (Å²) in [6.45, 7) is 0.368. The van der Waals surface area contributed by atoms with E-state index in [-0.39, 0.29) is 12.5 Å². The normalized spacial score (nSPS) is 10.5. The summed E-state index contributed by atoms with van der Waals surface area (Å²) in [5.41, 5.74) is 4.30. The Kier molecular flexibility index (Phi) is 6.53. The number of hydrogen-bond donors (Lipinski definition) is 1. The topological polar surface area (TPSA) is 72.8 Å². The lowest BCUT2D eigenvalue weighted by molar-refractivity contribution is -0.123. The van der Waals surface area contributed by atoms with Gasteiger partial charge in [-0.2, -0.15) is 5.10 Å². The number of pyridine rings is 1. The van der Waals surface area contributed by atoms with E-state index in [0.717, 1.165) is 16.9 Å². The second-order valence-corrected chi connectivity index (χ2v) is 5.61. The molecule has 0 radical (unpaired) electrons. The zero-order chi connectivity index (χ0) is 18.7. The third kappa shape index (κ3) is 6.28. The number of nitrogens with zero attached hydrogens (tertiary/aromatic N) is 2. The lowest BCUT2D eigenvalue weighted by Crippen LogP contribution is -2.24. The lowest BCUT2D eigenvalue weighted by atomic mass is 10.2. The third-order valence-electron chi connectivity index (χ3n) is 3.53. The van der Waals surface area contributed by atoms with Crippen molar-refractivity contribution in [2.75, 3.05) is 6.61 Å². The van der Waals surface area contributed by atoms with Gasteiger partial charge < -0.3 is 9.47 Å². The highest BCUT2D eigenvalue weighted by Crippen LogP contribution is 2.18. The molecule has 0 bridgehead atoms. The Labute approximate surface area is 157 Å². The molecule has 0 fully saturated rings. The first-order chi connectivity index (χ1) is 13.3. The molecule has 0 spiro atoms. The lowest BCUT2D eigenvalue weighted by Gasteiger charge is -2.08. The molecule has 0 aliphatic carbocycles. The van der Waals surface area contributed by atoms with Crippen LogP contribution in [0.4, 0.5) is 0 Å². The van der Waals surface area contributed by atoms with Gasteiger partial charge >= 0.3 is 0 Å². The third-order valence-corrected chi connectivity index (χ3v) is 3.53. The highest BCUT2D eigenvalue weighted by Gasteiger charge is 2.02. The van der Waals surface area contributed by atoms with Gasteiger partial charge in [0.1, 0.15) is 18.1 Å². The van der Waals surface area contributed by atoms with Crippen LogP contribution >= 0.6 is 0 Å². The van der Waals surface area contributed by atoms with Gasteiger partial charge in [-0.15, -0.1) is 0 Å². The van der Waals surface area contributed by atoms with Gasteiger partial charge in [0.15, 0.2) is 6.61 Å². The Bertz CT molecular complexity index is 866. The monoisotopic (exact) mass is 361 g/mol. The summed E-state index contributed by atoms with van der Waals surface area (Å²) < 4.78 is 11.1. The first kappa shape index (κ1) is 18.1. The Hall–Kier alpha value is -3.67. The maximum absolute atomic E-state index is 11.7. The molecule has 1 N–H and O–H groups in total. The summed E-state index contributed by atoms with van der Waals surface area (Å²) in [6.07, 6.45) is 4.83. The van der Waals surface area contributed by atoms with Gasteiger partial charge in [0, 0.05) is 18.0 Å². The smallest absolute Gasteiger partial charge is 0.277 e. The summed E-state index contributed by atoms with van der Waals surface area (Å²) in [6, 6.07) is 20.7. The molecule has 1 amide bonds. The average Bonchev–Trinajstić information content (AvgIpc) is 2.73. The minimum Gasteiger partial charge on any atom is -0.489 e. The number of carbonyl (C=O) groups is 1. The van der Waals surface area contributed by atoms with Crippen LogP contribution in [0.25, 0.3) is 0 Å². The van der Waals surface area contributed by atoms with Crippen molar-refractivity contribution < 1.29 is 14.3 Å². The Morgan fingerprint density at radius 1 is 0.963 bits per heavy atom. The van der Waals surface area contributed by atoms with Crippen molar-refractivity contribution in [3.05, 3.63) is 90.3 Å². The quantitative estimate of drug-likeness (QED) is 0.494. The van der Waals surface area contributed by atoms with E-state index >= 15 is 0 Å². The first-order valence-electron chi connectivity index (χ1n) is 8.41. The molecule has 1 heterocycles. The highest BCUT2D eigenvalue weighted by molar-refractivity contribution is 5.82. The SMILES string of the molecule is O=C(COc1ccc(OCc2ccccc2)cc1)NN=Cc1cccnc1. The van der Waals surface area contributed by atoms with E-state index in [4.69, 9.17) is 9.47 Å². The molecule has 6 nitrogen and oxygen atoms in total. The van der Waals surface area contributed by atoms with Crippen LogP contribution in [-0.4, -0.2) is 23.7 Å². The standard InChI is InChI=1S/C21H19N3O3/c25-21(24-23-14-18-7-4-12-22-13-18)16-27-20-10-8-19(9-11-20)26-15-17-5-2-1-3-6-17/h1-14H,15-16H2,(H,24,25). The minimum atomic E-state index is -0.348. The number of nitrogens with one attached hydrogen (secondary N) is 1. The summed E-state index contributed by atoms with van der Waals surface area (Å²) in [5, 5.41) is 3.86. The van der Waals surface area contributed by atoms with Crippen LogP contribution in [0, 0.1) is 0 Å². The van der Waals surface area contributed by atoms with E-state index in [1.165, 1.54) is 6.21 Å². The summed E-state index contributed by atoms with van der Waals surface area (Å²) in [7, 11) is 0. The van der Waals surface area contributed by atoms with Gasteiger partial charge in [-0.3, -0.25) is 9.78 Å². The molecule has 3 rings (SSSR count). The van der Waals surface area contributed by atoms with E-state index in [9.17, 15) is 4.79 Å². The Balaban J connectivity index is 1.40. The summed E-state index contributed by atoms with van der Waals surface area (Å²) in [4.78, 5) is 15.7. The van der Waals surface area contributed by atoms with Crippen LogP contribution in [0.15, 0.2) is 84.2 Å². The van der Waals surface area contributed by atoms with Gasteiger partial charge in [0.05, 0.1) is 6.21 Å². The van der Waals surface area contributed by atoms with Crippen LogP contribution in [0.3, 0.4) is 0 Å². The molecular formula is C21H19N3O3. The molecule has 0 atom stereocenters. The van der Waals surface area contributed by atoms with Crippen molar-refractivity contribution in [2.24, 2.45) is 5.10 Å². The number of hydrazone groups is 1. The molecule has 1 aromatic heterocycles. The van der Waals surface area contributed by atoms with Crippen molar-refractivity contribution >= 4 is 12.1 Å². The predicted octanol–water partition coefficient (Wildman–Crippen LogP) is 3.19. The molecule has 3 aromatic rings. The highest BCUT2D eigenvalue weighted by atomic mass is 16.5. The second-order valence-electron chi connectivity index (χ2n) is 5.61. The van der Waals surface area contributed by atoms with Crippen LogP contribution < -0.4 is 14.9 Å². The summed E-state index contributed by atoms with van der Waals surface area (Å²) in [5.74, 6) is 0.963. The zero-order valence-corrected chi connectivity index (χ0v) is 14.6. The number of aromatic nitrogens is 1. The molecule has 6 heteroatoms. The van der Waals surface area contributed by atoms with Gasteiger partial charge in [-0.05, 0) is 35.9 Å². The summed E-state index contributed by atoms with van der Waals surface area (Å²) >= 11 is 0. The molecule has 0 aliphatic rings. The van der Waals surface area contributed by atoms with E-state index in [1.54, 1.807) is 42.7 Å². The zero-order valence-electron chi connectivity index (χ0n) is 14.6. The predicted molar refractivity (Wildman–Crippen MR) is 103 cm³/mol. The molecule has 0 saturated carbocycles. The number of carbonyl (C=O) groups excluding carboxylic acids is 1. The van der Waals surface area contributed by atoms with Crippen molar-refractivity contribution in [3.8, 4) is 11.5 Å². The molecule has 0 aliphatic heterocycles. The second kappa shape index (κ2) is 9.72. The number of amides is 1. The number of rotatable bonds is 8. The number of hydrogen-bond acceptors (Lipinski definition) is 5. The average molecular weight is 361 g/mol. The molecule has 136 valence electrons. The molecular weight excluding hydrogens is 342 g/mol. The molecule has 27 heavy (non-hydrogen) atoms. The van der Waals surface area contributed by atoms with E-state index < -0.39 is 0 Å². The molecule has 0 unspecified atom stereocenters. The van der Waals surface area contributed by atoms with Gasteiger partial charge in [0.2, 0.25) is 0 Å². The van der Waals surface area contributed by atoms with Gasteiger partial charge in [-0.25, -0.2) is 5.43 Å². The van der Waals surface area contributed by atoms with E-state index in [1.807, 2.05) is 36.4 Å². The minimum absolute atomic E-state index is 0.130. The van der Waals surface area contributed by atoms with Crippen molar-refractivity contribution in [3.63, 3.8) is 0 Å². The molecule has 2 aromatic carbocycles. The fourth-order valence-electron chi connectivity index (χ4n) is 2.19. The fourth-order valence-corrected chi connectivity index (χ4v) is 2.19. The largest absolute Gasteiger partial charge is 0.489 e. The van der Waals surface area contributed by atoms with Crippen molar-refractivity contribution in [2.45, 2.75) is 6.61 Å². The Morgan fingerprint density at radius 3 is 2.41 bits per heavy atom. The number of benzene rings is 2.